The zero-order chi connectivity index (χ0) is 19.5. The van der Waals surface area contributed by atoms with Crippen molar-refractivity contribution in [3.05, 3.63) is 134 Å². The van der Waals surface area contributed by atoms with Gasteiger partial charge in [-0.3, -0.25) is 18.2 Å². The Balaban J connectivity index is 0.000000217. The summed E-state index contributed by atoms with van der Waals surface area (Å²) in [6.07, 6.45) is 30.0. The van der Waals surface area contributed by atoms with Crippen molar-refractivity contribution in [3.8, 4) is 0 Å². The summed E-state index contributed by atoms with van der Waals surface area (Å²) in [5.41, 5.74) is 0. The maximum Gasteiger partial charge on any atom is 3.00 e. The van der Waals surface area contributed by atoms with E-state index in [1.807, 2.05) is 36.5 Å². The average molecular weight is 437 g/mol. The molecule has 3 aliphatic rings. The molecule has 2 aromatic carbocycles. The Hall–Kier alpha value is -2.17. The number of allylic oxidation sites excluding steroid dienone is 12. The Kier molecular flexibility index (Phi) is 15.3. The van der Waals surface area contributed by atoms with E-state index in [1.165, 1.54) is 10.6 Å². The van der Waals surface area contributed by atoms with Gasteiger partial charge in [-0.25, -0.2) is 36.5 Å². The van der Waals surface area contributed by atoms with Crippen molar-refractivity contribution in [2.45, 2.75) is 19.3 Å². The van der Waals surface area contributed by atoms with Crippen molar-refractivity contribution in [1.82, 2.24) is 0 Å². The van der Waals surface area contributed by atoms with Crippen LogP contribution >= 0.6 is 8.58 Å². The van der Waals surface area contributed by atoms with E-state index in [1.54, 1.807) is 0 Å². The van der Waals surface area contributed by atoms with Gasteiger partial charge in [-0.2, -0.15) is 18.2 Å². The van der Waals surface area contributed by atoms with Gasteiger partial charge in [-0.1, -0.05) is 69.2 Å². The molecule has 0 amide bonds. The smallest absolute Gasteiger partial charge is 0.273 e. The van der Waals surface area contributed by atoms with Gasteiger partial charge < -0.3 is 0 Å². The maximum absolute atomic E-state index is 2.99. The monoisotopic (exact) mass is 437 g/mol. The number of hydrogen-bond donors (Lipinski definition) is 0. The van der Waals surface area contributed by atoms with Crippen molar-refractivity contribution >= 4 is 19.2 Å². The summed E-state index contributed by atoms with van der Waals surface area (Å²) >= 11 is 0. The number of hydrogen-bond acceptors (Lipinski definition) is 0. The predicted molar refractivity (Wildman–Crippen MR) is 125 cm³/mol. The van der Waals surface area contributed by atoms with Crippen LogP contribution in [0.25, 0.3) is 0 Å². The Morgan fingerprint density at radius 2 is 0.862 bits per heavy atom. The van der Waals surface area contributed by atoms with E-state index in [9.17, 15) is 0 Å². The van der Waals surface area contributed by atoms with Crippen LogP contribution in [0.2, 0.25) is 0 Å². The van der Waals surface area contributed by atoms with Gasteiger partial charge in [0.2, 0.25) is 0 Å². The molecule has 2 heteroatoms. The van der Waals surface area contributed by atoms with Gasteiger partial charge in [0.15, 0.2) is 0 Å². The van der Waals surface area contributed by atoms with Crippen molar-refractivity contribution in [1.29, 1.82) is 0 Å². The third-order valence-corrected chi connectivity index (χ3v) is 4.84. The number of benzene rings is 2. The molecule has 0 aromatic heterocycles. The fourth-order valence-electron chi connectivity index (χ4n) is 2.23. The van der Waals surface area contributed by atoms with Gasteiger partial charge in [0, 0.05) is 0 Å². The minimum absolute atomic E-state index is 0. The van der Waals surface area contributed by atoms with Crippen LogP contribution in [0.1, 0.15) is 19.3 Å². The van der Waals surface area contributed by atoms with Crippen molar-refractivity contribution < 1.29 is 17.1 Å². The molecule has 0 saturated carbocycles. The molecule has 0 unspecified atom stereocenters. The fraction of sp³-hybridized carbons (Fsp3) is 0.111. The summed E-state index contributed by atoms with van der Waals surface area (Å²) in [6, 6.07) is 21.2. The van der Waals surface area contributed by atoms with Crippen molar-refractivity contribution in [3.63, 3.8) is 0 Å². The molecule has 0 nitrogen and oxygen atoms in total. The van der Waals surface area contributed by atoms with Crippen LogP contribution in [0, 0.1) is 18.2 Å². The summed E-state index contributed by atoms with van der Waals surface area (Å²) in [7, 11) is 0.777. The molecule has 0 fully saturated rings. The zero-order valence-corrected chi connectivity index (χ0v) is 18.5. The van der Waals surface area contributed by atoms with Crippen LogP contribution in [0.5, 0.6) is 0 Å². The molecule has 0 atom stereocenters. The summed E-state index contributed by atoms with van der Waals surface area (Å²) in [6.45, 7) is 0. The molecule has 0 spiro atoms. The molecule has 0 aliphatic heterocycles. The fourth-order valence-corrected chi connectivity index (χ4v) is 3.28. The van der Waals surface area contributed by atoms with E-state index in [2.05, 4.69) is 97.1 Å². The van der Waals surface area contributed by atoms with Crippen LogP contribution < -0.4 is 10.6 Å². The Bertz CT molecular complexity index is 692. The van der Waals surface area contributed by atoms with Crippen LogP contribution in [-0.2, 0) is 17.1 Å². The minimum Gasteiger partial charge on any atom is -0.273 e. The SMILES string of the molecule is [C-]1=CC=CC1.[C-]1=CC=CC1.[C-]1=CC=CC1.[Fe+3].c1ccc(Pc2ccccc2)cc1. The first-order chi connectivity index (χ1) is 13.9. The first-order valence-electron chi connectivity index (χ1n) is 9.47. The molecule has 5 rings (SSSR count). The van der Waals surface area contributed by atoms with Crippen molar-refractivity contribution in [2.24, 2.45) is 0 Å². The van der Waals surface area contributed by atoms with E-state index < -0.39 is 0 Å². The van der Waals surface area contributed by atoms with Crippen LogP contribution in [-0.4, -0.2) is 0 Å². The minimum atomic E-state index is 0. The van der Waals surface area contributed by atoms with Gasteiger partial charge in [0.25, 0.3) is 0 Å². The summed E-state index contributed by atoms with van der Waals surface area (Å²) in [5.74, 6) is 0. The first-order valence-corrected chi connectivity index (χ1v) is 10.5. The topological polar surface area (TPSA) is 0 Å². The van der Waals surface area contributed by atoms with Gasteiger partial charge in [-0.05, 0) is 10.6 Å². The molecule has 0 heterocycles. The second-order valence-electron chi connectivity index (χ2n) is 5.87. The standard InChI is InChI=1S/C12H11P.3C5H5.Fe/c1-3-7-11(8-4-1)13-12-9-5-2-6-10-12;3*1-2-4-5-3-1;/h1-10,13H;3*1-3H,4H2;/q;3*-1;+3. The van der Waals surface area contributed by atoms with E-state index in [-0.39, 0.29) is 17.1 Å². The van der Waals surface area contributed by atoms with E-state index in [0.29, 0.717) is 0 Å². The molecule has 29 heavy (non-hydrogen) atoms. The molecule has 2 aromatic rings. The summed E-state index contributed by atoms with van der Waals surface area (Å²) in [5, 5.41) is 2.79. The van der Waals surface area contributed by atoms with Crippen LogP contribution in [0.4, 0.5) is 0 Å². The molecular weight excluding hydrogens is 411 g/mol. The Labute approximate surface area is 188 Å². The third kappa shape index (κ3) is 13.6. The van der Waals surface area contributed by atoms with Gasteiger partial charge in [0.05, 0.1) is 0 Å². The predicted octanol–water partition coefficient (Wildman–Crippen LogP) is 6.23. The first kappa shape index (κ1) is 24.9. The second-order valence-corrected chi connectivity index (χ2v) is 7.27. The van der Waals surface area contributed by atoms with Gasteiger partial charge in [-0.15, -0.1) is 19.3 Å². The molecule has 0 saturated heterocycles. The molecule has 3 aliphatic carbocycles. The molecular formula is C27H26FeP. The van der Waals surface area contributed by atoms with Crippen molar-refractivity contribution in [2.75, 3.05) is 0 Å². The second kappa shape index (κ2) is 17.9. The maximum atomic E-state index is 2.99. The van der Waals surface area contributed by atoms with E-state index in [4.69, 9.17) is 0 Å². The third-order valence-electron chi connectivity index (χ3n) is 3.59. The summed E-state index contributed by atoms with van der Waals surface area (Å²) < 4.78 is 0. The zero-order valence-electron chi connectivity index (χ0n) is 16.4. The number of rotatable bonds is 2. The molecule has 0 N–H and O–H groups in total. The van der Waals surface area contributed by atoms with E-state index >= 15 is 0 Å². The van der Waals surface area contributed by atoms with Gasteiger partial charge >= 0.3 is 17.1 Å². The average Bonchev–Trinajstić information content (AvgIpc) is 3.57. The van der Waals surface area contributed by atoms with Gasteiger partial charge in [0.1, 0.15) is 0 Å². The van der Waals surface area contributed by atoms with Crippen LogP contribution in [0.15, 0.2) is 115 Å². The Morgan fingerprint density at radius 1 is 0.517 bits per heavy atom. The van der Waals surface area contributed by atoms with E-state index in [0.717, 1.165) is 27.8 Å². The molecule has 147 valence electrons. The normalized spacial score (nSPS) is 13.5. The quantitative estimate of drug-likeness (QED) is 0.297. The Morgan fingerprint density at radius 3 is 1.07 bits per heavy atom. The molecule has 1 radical (unpaired) electrons. The largest absolute Gasteiger partial charge is 3.00 e. The molecule has 0 bridgehead atoms. The van der Waals surface area contributed by atoms with Crippen LogP contribution in [0.3, 0.4) is 0 Å². The summed E-state index contributed by atoms with van der Waals surface area (Å²) in [4.78, 5) is 0.